The fourth-order valence-corrected chi connectivity index (χ4v) is 2.35. The summed E-state index contributed by atoms with van der Waals surface area (Å²) in [4.78, 5) is 0.0868. The van der Waals surface area contributed by atoms with Crippen molar-refractivity contribution in [2.45, 2.75) is 11.3 Å². The van der Waals surface area contributed by atoms with Crippen LogP contribution in [0.25, 0.3) is 0 Å². The van der Waals surface area contributed by atoms with Gasteiger partial charge in [0.1, 0.15) is 0 Å². The first kappa shape index (κ1) is 13.4. The lowest BCUT2D eigenvalue weighted by molar-refractivity contribution is 0.598. The van der Waals surface area contributed by atoms with Crippen molar-refractivity contribution in [3.05, 3.63) is 22.7 Å². The van der Waals surface area contributed by atoms with Gasteiger partial charge in [-0.3, -0.25) is 0 Å². The van der Waals surface area contributed by atoms with Crippen LogP contribution in [0.1, 0.15) is 6.42 Å². The molecule has 90 valence electrons. The molecule has 5 nitrogen and oxygen atoms in total. The number of halogens is 1. The van der Waals surface area contributed by atoms with E-state index in [1.165, 1.54) is 12.1 Å². The summed E-state index contributed by atoms with van der Waals surface area (Å²) in [7, 11) is -3.65. The van der Waals surface area contributed by atoms with Crippen LogP contribution < -0.4 is 16.2 Å². The molecule has 0 amide bonds. The Balaban J connectivity index is 2.84. The fourth-order valence-electron chi connectivity index (χ4n) is 1.14. The van der Waals surface area contributed by atoms with E-state index in [9.17, 15) is 8.42 Å². The van der Waals surface area contributed by atoms with Crippen molar-refractivity contribution >= 4 is 31.6 Å². The van der Waals surface area contributed by atoms with Gasteiger partial charge in [0.15, 0.2) is 0 Å². The standard InChI is InChI=1S/C9H14BrN3O2S/c10-8-6-7(16(12,14)15)2-3-9(8)13-5-1-4-11/h2-3,6,13H,1,4-5,11H2,(H2,12,14,15). The van der Waals surface area contributed by atoms with Crippen LogP contribution in [0.2, 0.25) is 0 Å². The van der Waals surface area contributed by atoms with E-state index < -0.39 is 10.0 Å². The minimum absolute atomic E-state index is 0.0868. The normalized spacial score (nSPS) is 11.4. The van der Waals surface area contributed by atoms with Gasteiger partial charge in [-0.2, -0.15) is 0 Å². The van der Waals surface area contributed by atoms with E-state index in [1.807, 2.05) is 0 Å². The SMILES string of the molecule is NCCCNc1ccc(S(N)(=O)=O)cc1Br. The van der Waals surface area contributed by atoms with Crippen molar-refractivity contribution in [1.82, 2.24) is 0 Å². The van der Waals surface area contributed by atoms with Gasteiger partial charge in [0.2, 0.25) is 10.0 Å². The van der Waals surface area contributed by atoms with Crippen LogP contribution in [0.4, 0.5) is 5.69 Å². The molecule has 0 aromatic heterocycles. The van der Waals surface area contributed by atoms with Crippen molar-refractivity contribution < 1.29 is 8.42 Å². The largest absolute Gasteiger partial charge is 0.384 e. The van der Waals surface area contributed by atoms with E-state index in [0.717, 1.165) is 18.7 Å². The Bertz CT molecular complexity index is 462. The minimum atomic E-state index is -3.65. The van der Waals surface area contributed by atoms with Crippen molar-refractivity contribution in [1.29, 1.82) is 0 Å². The Morgan fingerprint density at radius 3 is 2.56 bits per heavy atom. The van der Waals surface area contributed by atoms with Gasteiger partial charge in [-0.1, -0.05) is 0 Å². The molecule has 16 heavy (non-hydrogen) atoms. The molecule has 5 N–H and O–H groups in total. The summed E-state index contributed by atoms with van der Waals surface area (Å²) in [6.45, 7) is 1.35. The summed E-state index contributed by atoms with van der Waals surface area (Å²) in [6, 6.07) is 4.60. The van der Waals surface area contributed by atoms with Crippen molar-refractivity contribution in [3.8, 4) is 0 Å². The molecule has 0 atom stereocenters. The number of benzene rings is 1. The van der Waals surface area contributed by atoms with Crippen LogP contribution in [-0.4, -0.2) is 21.5 Å². The summed E-state index contributed by atoms with van der Waals surface area (Å²) in [5, 5.41) is 8.14. The number of hydrogen-bond donors (Lipinski definition) is 3. The van der Waals surface area contributed by atoms with Crippen LogP contribution in [0.3, 0.4) is 0 Å². The van der Waals surface area contributed by atoms with Gasteiger partial charge in [-0.25, -0.2) is 13.6 Å². The van der Waals surface area contributed by atoms with Gasteiger partial charge in [0.25, 0.3) is 0 Å². The van der Waals surface area contributed by atoms with E-state index in [0.29, 0.717) is 11.0 Å². The molecule has 0 aliphatic rings. The van der Waals surface area contributed by atoms with Gasteiger partial charge >= 0.3 is 0 Å². The molecule has 1 aromatic rings. The lowest BCUT2D eigenvalue weighted by Crippen LogP contribution is -2.13. The predicted molar refractivity (Wildman–Crippen MR) is 67.7 cm³/mol. The van der Waals surface area contributed by atoms with Gasteiger partial charge in [0.05, 0.1) is 4.90 Å². The Kier molecular flexibility index (Phi) is 4.72. The van der Waals surface area contributed by atoms with E-state index in [1.54, 1.807) is 6.07 Å². The zero-order valence-corrected chi connectivity index (χ0v) is 11.0. The molecule has 1 aromatic carbocycles. The van der Waals surface area contributed by atoms with Crippen LogP contribution >= 0.6 is 15.9 Å². The topological polar surface area (TPSA) is 98.2 Å². The Hall–Kier alpha value is -0.630. The number of hydrogen-bond acceptors (Lipinski definition) is 4. The van der Waals surface area contributed by atoms with Crippen LogP contribution in [0.5, 0.6) is 0 Å². The zero-order chi connectivity index (χ0) is 12.2. The molecule has 0 spiro atoms. The highest BCUT2D eigenvalue weighted by Crippen LogP contribution is 2.25. The Morgan fingerprint density at radius 1 is 1.38 bits per heavy atom. The summed E-state index contributed by atoms with van der Waals surface area (Å²) in [6.07, 6.45) is 0.851. The molecule has 0 saturated carbocycles. The second kappa shape index (κ2) is 5.62. The lowest BCUT2D eigenvalue weighted by atomic mass is 10.3. The third-order valence-corrected chi connectivity index (χ3v) is 3.53. The average Bonchev–Trinajstić information content (AvgIpc) is 2.19. The average molecular weight is 308 g/mol. The molecule has 0 radical (unpaired) electrons. The first-order valence-electron chi connectivity index (χ1n) is 4.71. The lowest BCUT2D eigenvalue weighted by Gasteiger charge is -2.08. The summed E-state index contributed by atoms with van der Waals surface area (Å²) in [5.41, 5.74) is 6.18. The van der Waals surface area contributed by atoms with Crippen molar-refractivity contribution in [2.75, 3.05) is 18.4 Å². The van der Waals surface area contributed by atoms with Gasteiger partial charge < -0.3 is 11.1 Å². The fraction of sp³-hybridized carbons (Fsp3) is 0.333. The summed E-state index contributed by atoms with van der Waals surface area (Å²) >= 11 is 3.28. The van der Waals surface area contributed by atoms with E-state index in [4.69, 9.17) is 10.9 Å². The quantitative estimate of drug-likeness (QED) is 0.703. The number of nitrogens with two attached hydrogens (primary N) is 2. The highest BCUT2D eigenvalue weighted by atomic mass is 79.9. The monoisotopic (exact) mass is 307 g/mol. The number of anilines is 1. The van der Waals surface area contributed by atoms with Crippen LogP contribution in [0, 0.1) is 0 Å². The summed E-state index contributed by atoms with van der Waals surface area (Å²) < 4.78 is 22.8. The van der Waals surface area contributed by atoms with Crippen molar-refractivity contribution in [3.63, 3.8) is 0 Å². The molecule has 1 rings (SSSR count). The molecule has 0 bridgehead atoms. The third kappa shape index (κ3) is 3.75. The molecule has 0 heterocycles. The van der Waals surface area contributed by atoms with Crippen LogP contribution in [-0.2, 0) is 10.0 Å². The maximum atomic E-state index is 11.1. The highest BCUT2D eigenvalue weighted by molar-refractivity contribution is 9.10. The molecule has 0 fully saturated rings. The molecule has 0 aliphatic heterocycles. The first-order chi connectivity index (χ1) is 7.45. The second-order valence-corrected chi connectivity index (χ2v) is 5.67. The van der Waals surface area contributed by atoms with Gasteiger partial charge in [-0.15, -0.1) is 0 Å². The number of nitrogens with one attached hydrogen (secondary N) is 1. The van der Waals surface area contributed by atoms with Gasteiger partial charge in [-0.05, 0) is 47.1 Å². The zero-order valence-electron chi connectivity index (χ0n) is 8.61. The molecule has 0 aliphatic carbocycles. The van der Waals surface area contributed by atoms with Gasteiger partial charge in [0, 0.05) is 16.7 Å². The maximum Gasteiger partial charge on any atom is 0.238 e. The molecule has 0 unspecified atom stereocenters. The minimum Gasteiger partial charge on any atom is -0.384 e. The Morgan fingerprint density at radius 2 is 2.06 bits per heavy atom. The first-order valence-corrected chi connectivity index (χ1v) is 7.05. The van der Waals surface area contributed by atoms with E-state index in [2.05, 4.69) is 21.2 Å². The number of sulfonamides is 1. The predicted octanol–water partition coefficient (Wildman–Crippen LogP) is 0.857. The molecular formula is C9H14BrN3O2S. The number of rotatable bonds is 5. The number of primary sulfonamides is 1. The molecule has 7 heteroatoms. The molecular weight excluding hydrogens is 294 g/mol. The van der Waals surface area contributed by atoms with Crippen molar-refractivity contribution in [2.24, 2.45) is 10.9 Å². The Labute approximate surface area is 103 Å². The second-order valence-electron chi connectivity index (χ2n) is 3.26. The van der Waals surface area contributed by atoms with Crippen LogP contribution in [0.15, 0.2) is 27.6 Å². The smallest absolute Gasteiger partial charge is 0.238 e. The third-order valence-electron chi connectivity index (χ3n) is 1.97. The maximum absolute atomic E-state index is 11.1. The van der Waals surface area contributed by atoms with E-state index in [-0.39, 0.29) is 4.90 Å². The summed E-state index contributed by atoms with van der Waals surface area (Å²) in [5.74, 6) is 0. The van der Waals surface area contributed by atoms with E-state index >= 15 is 0 Å². The highest BCUT2D eigenvalue weighted by Gasteiger charge is 2.09. The molecule has 0 saturated heterocycles.